The van der Waals surface area contributed by atoms with Gasteiger partial charge in [0.25, 0.3) is 0 Å². The number of ether oxygens (including phenoxy) is 4. The van der Waals surface area contributed by atoms with E-state index in [1.807, 2.05) is 6.92 Å². The maximum Gasteiger partial charge on any atom is 0.340 e. The van der Waals surface area contributed by atoms with Crippen molar-refractivity contribution in [2.75, 3.05) is 32.7 Å². The van der Waals surface area contributed by atoms with Crippen LogP contribution in [-0.4, -0.2) is 113 Å². The zero-order chi connectivity index (χ0) is 27.7. The maximum absolute atomic E-state index is 13.1. The highest BCUT2D eigenvalue weighted by Gasteiger charge is 2.54. The molecule has 5 heterocycles. The Morgan fingerprint density at radius 3 is 2.74 bits per heavy atom. The molecule has 0 saturated carbocycles. The van der Waals surface area contributed by atoms with Crippen LogP contribution in [0.25, 0.3) is 0 Å². The fraction of sp³-hybridized carbons (Fsp3) is 0.704. The average molecular weight is 544 g/mol. The number of rotatable bonds is 7. The third-order valence-corrected chi connectivity index (χ3v) is 7.97. The molecule has 2 N–H and O–H groups in total. The van der Waals surface area contributed by atoms with E-state index < -0.39 is 42.4 Å². The summed E-state index contributed by atoms with van der Waals surface area (Å²) in [4.78, 5) is 33.3. The number of carbonyl (C=O) groups excluding carboxylic acids is 2. The lowest BCUT2D eigenvalue weighted by atomic mass is 10.0. The molecule has 5 rings (SSSR count). The molecule has 0 radical (unpaired) electrons. The average Bonchev–Trinajstić information content (AvgIpc) is 3.51. The van der Waals surface area contributed by atoms with Crippen molar-refractivity contribution >= 4 is 11.9 Å². The number of fused-ring (bicyclic) bond motifs is 1. The van der Waals surface area contributed by atoms with E-state index in [-0.39, 0.29) is 30.5 Å². The molecule has 4 fully saturated rings. The van der Waals surface area contributed by atoms with Gasteiger partial charge in [-0.25, -0.2) is 4.79 Å². The summed E-state index contributed by atoms with van der Waals surface area (Å²) in [5, 5.41) is 23.8. The van der Waals surface area contributed by atoms with Gasteiger partial charge in [-0.1, -0.05) is 6.92 Å². The van der Waals surface area contributed by atoms with E-state index in [4.69, 9.17) is 18.9 Å². The van der Waals surface area contributed by atoms with Gasteiger partial charge >= 0.3 is 5.97 Å². The van der Waals surface area contributed by atoms with Crippen LogP contribution >= 0.6 is 0 Å². The number of aliphatic hydroxyl groups excluding tert-OH is 1. The van der Waals surface area contributed by atoms with Gasteiger partial charge < -0.3 is 39.2 Å². The summed E-state index contributed by atoms with van der Waals surface area (Å²) in [5.41, 5.74) is 0.307. The Kier molecular flexibility index (Phi) is 8.19. The third-order valence-electron chi connectivity index (χ3n) is 7.97. The number of hydrogen-bond acceptors (Lipinski definition) is 11. The molecule has 4 aliphatic heterocycles. The molecular weight excluding hydrogens is 506 g/mol. The summed E-state index contributed by atoms with van der Waals surface area (Å²) in [6.07, 6.45) is 1.82. The van der Waals surface area contributed by atoms with Crippen LogP contribution in [0, 0.1) is 17.2 Å². The summed E-state index contributed by atoms with van der Waals surface area (Å²) < 4.78 is 23.1. The molecule has 12 nitrogen and oxygen atoms in total. The minimum absolute atomic E-state index is 0.108. The van der Waals surface area contributed by atoms with Crippen molar-refractivity contribution in [3.05, 3.63) is 30.1 Å². The molecular formula is C27H37N5O7. The SMILES string of the molecule is CC1CN(C(=O)CNC2CCN(C[C@H]3O[C@@H]4OC(C)(C)O[C@@H]4[C@H]3O)CC2)[C@H](C#N)C1OC(=O)c1cccnc1. The number of likely N-dealkylation sites (tertiary alicyclic amines) is 2. The first-order valence-corrected chi connectivity index (χ1v) is 13.6. The zero-order valence-corrected chi connectivity index (χ0v) is 22.6. The van der Waals surface area contributed by atoms with Crippen molar-refractivity contribution in [1.29, 1.82) is 5.26 Å². The number of carbonyl (C=O) groups is 2. The molecule has 7 atom stereocenters. The van der Waals surface area contributed by atoms with E-state index in [9.17, 15) is 20.0 Å². The number of piperidine rings is 1. The lowest BCUT2D eigenvalue weighted by Crippen LogP contribution is -2.50. The molecule has 1 amide bonds. The van der Waals surface area contributed by atoms with Gasteiger partial charge in [0.1, 0.15) is 24.4 Å². The van der Waals surface area contributed by atoms with Crippen LogP contribution < -0.4 is 5.32 Å². The van der Waals surface area contributed by atoms with Gasteiger partial charge in [0.05, 0.1) is 18.2 Å². The number of nitriles is 1. The molecule has 12 heteroatoms. The minimum atomic E-state index is -0.840. The second-order valence-electron chi connectivity index (χ2n) is 11.3. The fourth-order valence-corrected chi connectivity index (χ4v) is 5.89. The first-order valence-electron chi connectivity index (χ1n) is 13.6. The van der Waals surface area contributed by atoms with E-state index >= 15 is 0 Å². The third kappa shape index (κ3) is 6.09. The lowest BCUT2D eigenvalue weighted by molar-refractivity contribution is -0.216. The van der Waals surface area contributed by atoms with Crippen molar-refractivity contribution in [1.82, 2.24) is 20.1 Å². The quantitative estimate of drug-likeness (QED) is 0.457. The molecule has 0 bridgehead atoms. The van der Waals surface area contributed by atoms with Crippen LogP contribution in [0.15, 0.2) is 24.5 Å². The second-order valence-corrected chi connectivity index (χ2v) is 11.3. The minimum Gasteiger partial charge on any atom is -0.455 e. The molecule has 4 saturated heterocycles. The lowest BCUT2D eigenvalue weighted by Gasteiger charge is -2.35. The van der Waals surface area contributed by atoms with Crippen molar-refractivity contribution in [2.24, 2.45) is 5.92 Å². The molecule has 1 aromatic rings. The van der Waals surface area contributed by atoms with Gasteiger partial charge in [0.2, 0.25) is 5.91 Å². The highest BCUT2D eigenvalue weighted by molar-refractivity contribution is 5.89. The van der Waals surface area contributed by atoms with E-state index in [0.29, 0.717) is 18.7 Å². The molecule has 212 valence electrons. The fourth-order valence-electron chi connectivity index (χ4n) is 5.89. The molecule has 1 aromatic heterocycles. The number of pyridine rings is 1. The maximum atomic E-state index is 13.1. The van der Waals surface area contributed by atoms with Gasteiger partial charge in [0, 0.05) is 37.4 Å². The summed E-state index contributed by atoms with van der Waals surface area (Å²) in [6, 6.07) is 4.72. The van der Waals surface area contributed by atoms with E-state index in [1.54, 1.807) is 32.2 Å². The van der Waals surface area contributed by atoms with Crippen LogP contribution in [0.1, 0.15) is 44.0 Å². The largest absolute Gasteiger partial charge is 0.455 e. The number of aliphatic hydroxyl groups is 1. The Bertz CT molecular complexity index is 1070. The van der Waals surface area contributed by atoms with E-state index in [2.05, 4.69) is 21.3 Å². The number of esters is 1. The van der Waals surface area contributed by atoms with Crippen molar-refractivity contribution in [2.45, 2.75) is 82.2 Å². The standard InChI is InChI=1S/C27H37N5O7/c1-16-14-32(19(11-28)23(16)37-25(35)17-5-4-8-29-12-17)21(33)13-30-18-6-9-31(10-7-18)15-20-22(34)24-26(36-20)39-27(2,3)38-24/h4-5,8,12,16,18-20,22-24,26,30,34H,6-7,9-10,13-15H2,1-3H3/t16?,19-,20-,22+,23?,24-,26-/m1/s1. The summed E-state index contributed by atoms with van der Waals surface area (Å²) in [5.74, 6) is -1.67. The highest BCUT2D eigenvalue weighted by Crippen LogP contribution is 2.37. The highest BCUT2D eigenvalue weighted by atomic mass is 16.8. The molecule has 0 aromatic carbocycles. The Morgan fingerprint density at radius 1 is 1.31 bits per heavy atom. The number of nitrogens with zero attached hydrogens (tertiary/aromatic N) is 4. The number of aromatic nitrogens is 1. The van der Waals surface area contributed by atoms with Crippen LogP contribution in [0.5, 0.6) is 0 Å². The molecule has 0 aliphatic carbocycles. The van der Waals surface area contributed by atoms with Gasteiger partial charge in [-0.15, -0.1) is 0 Å². The predicted octanol–water partition coefficient (Wildman–Crippen LogP) is 0.269. The van der Waals surface area contributed by atoms with Crippen LogP contribution in [0.3, 0.4) is 0 Å². The monoisotopic (exact) mass is 543 g/mol. The Labute approximate surface area is 228 Å². The normalized spacial score (nSPS) is 34.5. The van der Waals surface area contributed by atoms with E-state index in [1.165, 1.54) is 11.1 Å². The molecule has 2 unspecified atom stereocenters. The van der Waals surface area contributed by atoms with Crippen molar-refractivity contribution in [3.63, 3.8) is 0 Å². The van der Waals surface area contributed by atoms with Gasteiger partial charge in [-0.05, 0) is 51.9 Å². The Morgan fingerprint density at radius 2 is 2.08 bits per heavy atom. The topological polar surface area (TPSA) is 146 Å². The Balaban J connectivity index is 1.06. The number of hydrogen-bond donors (Lipinski definition) is 2. The van der Waals surface area contributed by atoms with Crippen LogP contribution in [-0.2, 0) is 23.7 Å². The van der Waals surface area contributed by atoms with Crippen LogP contribution in [0.4, 0.5) is 0 Å². The molecule has 4 aliphatic rings. The second kappa shape index (κ2) is 11.4. The Hall–Kier alpha value is -2.66. The van der Waals surface area contributed by atoms with E-state index in [0.717, 1.165) is 25.9 Å². The van der Waals surface area contributed by atoms with Crippen LogP contribution in [0.2, 0.25) is 0 Å². The predicted molar refractivity (Wildman–Crippen MR) is 136 cm³/mol. The van der Waals surface area contributed by atoms with Crippen molar-refractivity contribution < 1.29 is 33.6 Å². The van der Waals surface area contributed by atoms with Gasteiger partial charge in [-0.2, -0.15) is 5.26 Å². The van der Waals surface area contributed by atoms with Gasteiger partial charge in [0.15, 0.2) is 18.1 Å². The van der Waals surface area contributed by atoms with Gasteiger partial charge in [-0.3, -0.25) is 9.78 Å². The zero-order valence-electron chi connectivity index (χ0n) is 22.6. The number of nitrogens with one attached hydrogen (secondary N) is 1. The first kappa shape index (κ1) is 27.9. The summed E-state index contributed by atoms with van der Waals surface area (Å²) in [6.45, 7) is 8.13. The van der Waals surface area contributed by atoms with Crippen molar-refractivity contribution in [3.8, 4) is 6.07 Å². The molecule has 39 heavy (non-hydrogen) atoms. The summed E-state index contributed by atoms with van der Waals surface area (Å²) in [7, 11) is 0. The summed E-state index contributed by atoms with van der Waals surface area (Å²) >= 11 is 0. The number of amides is 1. The first-order chi connectivity index (χ1) is 18.6. The smallest absolute Gasteiger partial charge is 0.340 e. The molecule has 0 spiro atoms.